The fraction of sp³-hybridized carbons (Fsp3) is 0. The van der Waals surface area contributed by atoms with Crippen LogP contribution in [0.15, 0.2) is 15.9 Å². The van der Waals surface area contributed by atoms with Gasteiger partial charge in [0.25, 0.3) is 0 Å². The molecule has 0 aliphatic rings. The van der Waals surface area contributed by atoms with E-state index in [1.165, 1.54) is 11.6 Å². The third kappa shape index (κ3) is 3.05. The van der Waals surface area contributed by atoms with E-state index in [0.717, 1.165) is 11.3 Å². The smallest absolute Gasteiger partial charge is 0.742 e. The molecule has 1 heterocycles. The largest absolute Gasteiger partial charge is 1.00 e. The van der Waals surface area contributed by atoms with Crippen molar-refractivity contribution in [3.8, 4) is 0 Å². The van der Waals surface area contributed by atoms with Crippen molar-refractivity contribution in [3.63, 3.8) is 0 Å². The molecular weight excluding hydrogens is 201 g/mol. The SMILES string of the molecule is O=S(=O)([O-])c1nccs1.[K+]. The average Bonchev–Trinajstić information content (AvgIpc) is 2.08. The first-order chi connectivity index (χ1) is 4.11. The van der Waals surface area contributed by atoms with Gasteiger partial charge in [-0.15, -0.1) is 11.3 Å². The van der Waals surface area contributed by atoms with Gasteiger partial charge >= 0.3 is 51.4 Å². The molecule has 0 aliphatic carbocycles. The second-order valence-electron chi connectivity index (χ2n) is 1.25. The van der Waals surface area contributed by atoms with Gasteiger partial charge in [0, 0.05) is 11.6 Å². The van der Waals surface area contributed by atoms with E-state index in [4.69, 9.17) is 0 Å². The molecule has 0 aliphatic heterocycles. The first-order valence-electron chi connectivity index (χ1n) is 1.96. The van der Waals surface area contributed by atoms with Gasteiger partial charge in [0.1, 0.15) is 0 Å². The Morgan fingerprint density at radius 2 is 2.20 bits per heavy atom. The number of rotatable bonds is 1. The van der Waals surface area contributed by atoms with Crippen molar-refractivity contribution in [1.29, 1.82) is 0 Å². The molecule has 0 amide bonds. The van der Waals surface area contributed by atoms with Crippen LogP contribution in [0.2, 0.25) is 0 Å². The monoisotopic (exact) mass is 203 g/mol. The molecule has 1 aromatic rings. The van der Waals surface area contributed by atoms with Crippen molar-refractivity contribution in [2.24, 2.45) is 0 Å². The minimum absolute atomic E-state index is 0. The standard InChI is InChI=1S/C3H3NO3S2.K/c5-9(6,7)3-4-1-2-8-3;/h1-2H,(H,5,6,7);/q;+1/p-1. The van der Waals surface area contributed by atoms with Gasteiger partial charge in [-0.3, -0.25) is 0 Å². The molecule has 0 saturated heterocycles. The van der Waals surface area contributed by atoms with Gasteiger partial charge in [-0.05, 0) is 0 Å². The van der Waals surface area contributed by atoms with Crippen LogP contribution in [0, 0.1) is 0 Å². The molecule has 10 heavy (non-hydrogen) atoms. The van der Waals surface area contributed by atoms with Crippen LogP contribution in [0.3, 0.4) is 0 Å². The van der Waals surface area contributed by atoms with Crippen molar-refractivity contribution in [2.75, 3.05) is 0 Å². The molecule has 1 aromatic heterocycles. The van der Waals surface area contributed by atoms with Crippen LogP contribution in [-0.4, -0.2) is 18.0 Å². The minimum Gasteiger partial charge on any atom is -0.742 e. The maximum atomic E-state index is 10.1. The normalized spacial score (nSPS) is 10.5. The van der Waals surface area contributed by atoms with E-state index >= 15 is 0 Å². The molecule has 0 unspecified atom stereocenters. The summed E-state index contributed by atoms with van der Waals surface area (Å²) >= 11 is 0.818. The van der Waals surface area contributed by atoms with E-state index in [2.05, 4.69) is 4.98 Å². The van der Waals surface area contributed by atoms with Crippen LogP contribution in [0.5, 0.6) is 0 Å². The maximum Gasteiger partial charge on any atom is 1.00 e. The van der Waals surface area contributed by atoms with Gasteiger partial charge in [-0.2, -0.15) is 0 Å². The van der Waals surface area contributed by atoms with Crippen LogP contribution < -0.4 is 51.4 Å². The van der Waals surface area contributed by atoms with Crippen molar-refractivity contribution in [1.82, 2.24) is 4.98 Å². The summed E-state index contributed by atoms with van der Waals surface area (Å²) in [5, 5.41) is 1.44. The van der Waals surface area contributed by atoms with Crippen LogP contribution >= 0.6 is 11.3 Å². The van der Waals surface area contributed by atoms with E-state index in [-0.39, 0.29) is 55.7 Å². The molecule has 4 nitrogen and oxygen atoms in total. The Labute approximate surface area is 105 Å². The number of thiazole rings is 1. The molecule has 0 fully saturated rings. The Morgan fingerprint density at radius 3 is 2.40 bits per heavy atom. The van der Waals surface area contributed by atoms with Crippen molar-refractivity contribution >= 4 is 21.5 Å². The third-order valence-electron chi connectivity index (χ3n) is 0.624. The fourth-order valence-corrected chi connectivity index (χ4v) is 1.52. The minimum atomic E-state index is -4.30. The number of hydrogen-bond acceptors (Lipinski definition) is 5. The van der Waals surface area contributed by atoms with Crippen LogP contribution in [0.1, 0.15) is 0 Å². The van der Waals surface area contributed by atoms with E-state index in [0.29, 0.717) is 0 Å². The maximum absolute atomic E-state index is 10.1. The van der Waals surface area contributed by atoms with Crippen molar-refractivity contribution < 1.29 is 64.4 Å². The zero-order valence-electron chi connectivity index (χ0n) is 5.14. The van der Waals surface area contributed by atoms with Gasteiger partial charge in [-0.25, -0.2) is 13.4 Å². The van der Waals surface area contributed by atoms with E-state index in [1.807, 2.05) is 0 Å². The summed E-state index contributed by atoms with van der Waals surface area (Å²) in [6, 6.07) is 0. The Balaban J connectivity index is 0.000000810. The molecule has 0 saturated carbocycles. The molecule has 50 valence electrons. The van der Waals surface area contributed by atoms with Gasteiger partial charge < -0.3 is 4.55 Å². The van der Waals surface area contributed by atoms with Gasteiger partial charge in [0.2, 0.25) is 0 Å². The predicted octanol–water partition coefficient (Wildman–Crippen LogP) is -2.95. The van der Waals surface area contributed by atoms with Gasteiger partial charge in [0.05, 0.1) is 0 Å². The summed E-state index contributed by atoms with van der Waals surface area (Å²) in [5.41, 5.74) is 0. The first-order valence-corrected chi connectivity index (χ1v) is 4.25. The summed E-state index contributed by atoms with van der Waals surface area (Å²) in [4.78, 5) is 3.31. The second kappa shape index (κ2) is 4.26. The van der Waals surface area contributed by atoms with Crippen LogP contribution in [0.4, 0.5) is 0 Å². The zero-order chi connectivity index (χ0) is 6.91. The van der Waals surface area contributed by atoms with E-state index in [1.54, 1.807) is 0 Å². The molecule has 7 heteroatoms. The molecule has 0 aromatic carbocycles. The summed E-state index contributed by atoms with van der Waals surface area (Å²) < 4.78 is 29.9. The topological polar surface area (TPSA) is 70.1 Å². The third-order valence-corrected chi connectivity index (χ3v) is 2.62. The van der Waals surface area contributed by atoms with Crippen molar-refractivity contribution in [3.05, 3.63) is 11.6 Å². The van der Waals surface area contributed by atoms with Gasteiger partial charge in [-0.1, -0.05) is 0 Å². The molecule has 0 radical (unpaired) electrons. The van der Waals surface area contributed by atoms with Gasteiger partial charge in [0.15, 0.2) is 14.5 Å². The zero-order valence-corrected chi connectivity index (χ0v) is 9.90. The Hall–Kier alpha value is 1.18. The first kappa shape index (κ1) is 11.2. The summed E-state index contributed by atoms with van der Waals surface area (Å²) in [7, 11) is -4.30. The number of aromatic nitrogens is 1. The second-order valence-corrected chi connectivity index (χ2v) is 3.70. The number of hydrogen-bond donors (Lipinski definition) is 0. The molecule has 0 spiro atoms. The molecule has 0 N–H and O–H groups in total. The van der Waals surface area contributed by atoms with E-state index in [9.17, 15) is 13.0 Å². The summed E-state index contributed by atoms with van der Waals surface area (Å²) in [5.74, 6) is 0. The summed E-state index contributed by atoms with van der Waals surface area (Å²) in [6.07, 6.45) is 1.27. The molecular formula is C3H2KNO3S2. The Bertz CT molecular complexity index is 279. The number of nitrogens with zero attached hydrogens (tertiary/aromatic N) is 1. The molecule has 1 rings (SSSR count). The van der Waals surface area contributed by atoms with Crippen molar-refractivity contribution in [2.45, 2.75) is 4.34 Å². The van der Waals surface area contributed by atoms with Crippen LogP contribution in [0.25, 0.3) is 0 Å². The molecule has 0 bridgehead atoms. The molecule has 0 atom stereocenters. The average molecular weight is 203 g/mol. The summed E-state index contributed by atoms with van der Waals surface area (Å²) in [6.45, 7) is 0. The fourth-order valence-electron chi connectivity index (χ4n) is 0.334. The quantitative estimate of drug-likeness (QED) is 0.361. The predicted molar refractivity (Wildman–Crippen MR) is 30.1 cm³/mol. The Kier molecular flexibility index (Phi) is 4.77. The Morgan fingerprint density at radius 1 is 1.60 bits per heavy atom. The van der Waals surface area contributed by atoms with E-state index < -0.39 is 10.1 Å². The van der Waals surface area contributed by atoms with Crippen LogP contribution in [-0.2, 0) is 10.1 Å².